The molecule has 118 valence electrons. The second-order valence-corrected chi connectivity index (χ2v) is 7.15. The summed E-state index contributed by atoms with van der Waals surface area (Å²) >= 11 is 6.36. The van der Waals surface area contributed by atoms with Crippen LogP contribution in [0.25, 0.3) is 0 Å². The van der Waals surface area contributed by atoms with Crippen molar-refractivity contribution in [3.8, 4) is 0 Å². The number of rotatable bonds is 4. The minimum absolute atomic E-state index is 0.225. The van der Waals surface area contributed by atoms with Gasteiger partial charge in [0.2, 0.25) is 0 Å². The van der Waals surface area contributed by atoms with E-state index >= 15 is 0 Å². The molecule has 0 aliphatic carbocycles. The van der Waals surface area contributed by atoms with Crippen molar-refractivity contribution < 1.29 is 0 Å². The summed E-state index contributed by atoms with van der Waals surface area (Å²) in [4.78, 5) is 2.57. The maximum absolute atomic E-state index is 6.36. The van der Waals surface area contributed by atoms with Crippen molar-refractivity contribution in [1.29, 1.82) is 0 Å². The summed E-state index contributed by atoms with van der Waals surface area (Å²) in [5, 5.41) is 4.68. The van der Waals surface area contributed by atoms with E-state index in [4.69, 9.17) is 11.6 Å². The molecule has 1 aliphatic rings. The van der Waals surface area contributed by atoms with E-state index in [1.807, 2.05) is 0 Å². The van der Waals surface area contributed by atoms with E-state index in [2.05, 4.69) is 63.0 Å². The van der Waals surface area contributed by atoms with Gasteiger partial charge in [0.05, 0.1) is 0 Å². The highest BCUT2D eigenvalue weighted by atomic mass is 35.5. The van der Waals surface area contributed by atoms with Crippen molar-refractivity contribution in [2.75, 3.05) is 18.0 Å². The maximum atomic E-state index is 6.36. The molecule has 1 heterocycles. The Morgan fingerprint density at radius 1 is 1.33 bits per heavy atom. The lowest BCUT2D eigenvalue weighted by molar-refractivity contribution is 0.227. The molecule has 1 aromatic carbocycles. The fraction of sp³-hybridized carbons (Fsp3) is 0.667. The highest BCUT2D eigenvalue weighted by Gasteiger charge is 2.37. The molecule has 0 radical (unpaired) electrons. The minimum Gasteiger partial charge on any atom is -0.365 e. The Balaban J connectivity index is 2.35. The first-order chi connectivity index (χ1) is 9.92. The predicted octanol–water partition coefficient (Wildman–Crippen LogP) is 4.64. The van der Waals surface area contributed by atoms with Crippen molar-refractivity contribution in [3.05, 3.63) is 28.8 Å². The van der Waals surface area contributed by atoms with E-state index in [9.17, 15) is 0 Å². The molecule has 2 nitrogen and oxygen atoms in total. The van der Waals surface area contributed by atoms with Crippen LogP contribution >= 0.6 is 11.6 Å². The Kier molecular flexibility index (Phi) is 5.21. The molecule has 0 spiro atoms. The number of hydrogen-bond acceptors (Lipinski definition) is 2. The van der Waals surface area contributed by atoms with Crippen LogP contribution in [0, 0.1) is 12.8 Å². The lowest BCUT2D eigenvalue weighted by Crippen LogP contribution is -2.65. The van der Waals surface area contributed by atoms with E-state index in [-0.39, 0.29) is 5.54 Å². The second kappa shape index (κ2) is 6.58. The van der Waals surface area contributed by atoms with Gasteiger partial charge in [-0.1, -0.05) is 45.4 Å². The monoisotopic (exact) mass is 308 g/mol. The third kappa shape index (κ3) is 3.37. The number of benzene rings is 1. The van der Waals surface area contributed by atoms with Crippen LogP contribution in [0.4, 0.5) is 5.69 Å². The van der Waals surface area contributed by atoms with Gasteiger partial charge in [0.1, 0.15) is 0 Å². The molecule has 1 N–H and O–H groups in total. The zero-order chi connectivity index (χ0) is 15.6. The van der Waals surface area contributed by atoms with Gasteiger partial charge in [-0.2, -0.15) is 0 Å². The summed E-state index contributed by atoms with van der Waals surface area (Å²) in [6.07, 6.45) is 2.31. The van der Waals surface area contributed by atoms with Crippen molar-refractivity contribution in [2.24, 2.45) is 5.92 Å². The van der Waals surface area contributed by atoms with Gasteiger partial charge >= 0.3 is 0 Å². The smallest absolute Gasteiger partial charge is 0.0455 e. The number of piperazine rings is 1. The third-order valence-electron chi connectivity index (χ3n) is 5.17. The van der Waals surface area contributed by atoms with E-state index in [0.29, 0.717) is 12.0 Å². The average Bonchev–Trinajstić information content (AvgIpc) is 2.49. The summed E-state index contributed by atoms with van der Waals surface area (Å²) in [7, 11) is 0. The zero-order valence-electron chi connectivity index (χ0n) is 14.0. The molecular weight excluding hydrogens is 280 g/mol. The third-order valence-corrected chi connectivity index (χ3v) is 5.58. The SMILES string of the molecule is CCC1(CC)CN(c2ccc(C)c(Cl)c2)C(C(C)C)CN1. The molecule has 3 heteroatoms. The number of nitrogens with zero attached hydrogens (tertiary/aromatic N) is 1. The summed E-state index contributed by atoms with van der Waals surface area (Å²) in [6.45, 7) is 13.3. The first-order valence-electron chi connectivity index (χ1n) is 8.20. The lowest BCUT2D eigenvalue weighted by atomic mass is 9.86. The molecule has 21 heavy (non-hydrogen) atoms. The molecule has 1 saturated heterocycles. The van der Waals surface area contributed by atoms with Gasteiger partial charge in [0.15, 0.2) is 0 Å². The van der Waals surface area contributed by atoms with Gasteiger partial charge in [-0.25, -0.2) is 0 Å². The highest BCUT2D eigenvalue weighted by Crippen LogP contribution is 2.32. The molecule has 0 amide bonds. The summed E-state index contributed by atoms with van der Waals surface area (Å²) in [5.41, 5.74) is 2.63. The van der Waals surface area contributed by atoms with E-state index < -0.39 is 0 Å². The first kappa shape index (κ1) is 16.6. The number of anilines is 1. The average molecular weight is 309 g/mol. The second-order valence-electron chi connectivity index (χ2n) is 6.74. The molecule has 1 aromatic rings. The largest absolute Gasteiger partial charge is 0.365 e. The van der Waals surface area contributed by atoms with Crippen LogP contribution in [0.3, 0.4) is 0 Å². The molecule has 1 aliphatic heterocycles. The molecule has 0 bridgehead atoms. The quantitative estimate of drug-likeness (QED) is 0.871. The Bertz CT molecular complexity index is 480. The molecular formula is C18H29ClN2. The topological polar surface area (TPSA) is 15.3 Å². The van der Waals surface area contributed by atoms with Crippen LogP contribution in [-0.2, 0) is 0 Å². The van der Waals surface area contributed by atoms with Crippen molar-refractivity contribution in [1.82, 2.24) is 5.32 Å². The van der Waals surface area contributed by atoms with E-state index in [1.165, 1.54) is 5.69 Å². The summed E-state index contributed by atoms with van der Waals surface area (Å²) < 4.78 is 0. The molecule has 2 rings (SSSR count). The molecule has 0 aromatic heterocycles. The van der Waals surface area contributed by atoms with Gasteiger partial charge < -0.3 is 10.2 Å². The van der Waals surface area contributed by atoms with Crippen LogP contribution in [0.1, 0.15) is 46.1 Å². The Morgan fingerprint density at radius 2 is 2.00 bits per heavy atom. The van der Waals surface area contributed by atoms with Gasteiger partial charge in [0, 0.05) is 35.4 Å². The zero-order valence-corrected chi connectivity index (χ0v) is 14.8. The first-order valence-corrected chi connectivity index (χ1v) is 8.58. The maximum Gasteiger partial charge on any atom is 0.0455 e. The number of hydrogen-bond donors (Lipinski definition) is 1. The standard InChI is InChI=1S/C18H29ClN2/c1-6-18(7-2)12-21(17(11-20-18)13(3)4)15-9-8-14(5)16(19)10-15/h8-10,13,17,20H,6-7,11-12H2,1-5H3. The Morgan fingerprint density at radius 3 is 2.52 bits per heavy atom. The minimum atomic E-state index is 0.225. The van der Waals surface area contributed by atoms with Crippen LogP contribution in [0.2, 0.25) is 5.02 Å². The van der Waals surface area contributed by atoms with Crippen LogP contribution in [0.5, 0.6) is 0 Å². The normalized spacial score (nSPS) is 21.9. The number of halogens is 1. The van der Waals surface area contributed by atoms with Crippen LogP contribution < -0.4 is 10.2 Å². The van der Waals surface area contributed by atoms with Crippen LogP contribution in [-0.4, -0.2) is 24.7 Å². The van der Waals surface area contributed by atoms with E-state index in [0.717, 1.165) is 36.5 Å². The molecule has 1 atom stereocenters. The lowest BCUT2D eigenvalue weighted by Gasteiger charge is -2.50. The molecule has 1 unspecified atom stereocenters. The van der Waals surface area contributed by atoms with Gasteiger partial charge in [-0.05, 0) is 43.4 Å². The van der Waals surface area contributed by atoms with E-state index in [1.54, 1.807) is 0 Å². The Hall–Kier alpha value is -0.730. The molecule has 1 fully saturated rings. The summed E-state index contributed by atoms with van der Waals surface area (Å²) in [5.74, 6) is 0.615. The number of nitrogens with one attached hydrogen (secondary N) is 1. The molecule has 0 saturated carbocycles. The summed E-state index contributed by atoms with van der Waals surface area (Å²) in [6, 6.07) is 7.01. The van der Waals surface area contributed by atoms with Crippen molar-refractivity contribution in [2.45, 2.75) is 59.0 Å². The van der Waals surface area contributed by atoms with Gasteiger partial charge in [0.25, 0.3) is 0 Å². The highest BCUT2D eigenvalue weighted by molar-refractivity contribution is 6.31. The van der Waals surface area contributed by atoms with Gasteiger partial charge in [-0.15, -0.1) is 0 Å². The fourth-order valence-corrected chi connectivity index (χ4v) is 3.47. The van der Waals surface area contributed by atoms with Crippen molar-refractivity contribution in [3.63, 3.8) is 0 Å². The van der Waals surface area contributed by atoms with Crippen LogP contribution in [0.15, 0.2) is 18.2 Å². The van der Waals surface area contributed by atoms with Gasteiger partial charge in [-0.3, -0.25) is 0 Å². The number of aryl methyl sites for hydroxylation is 1. The Labute approximate surface area is 134 Å². The van der Waals surface area contributed by atoms with Crippen molar-refractivity contribution >= 4 is 17.3 Å². The predicted molar refractivity (Wildman–Crippen MR) is 93.5 cm³/mol. The fourth-order valence-electron chi connectivity index (χ4n) is 3.29.